The van der Waals surface area contributed by atoms with Crippen LogP contribution in [0, 0.1) is 0 Å². The number of nitrogens with zero attached hydrogens (tertiary/aromatic N) is 1. The quantitative estimate of drug-likeness (QED) is 0.899. The molecule has 18 heavy (non-hydrogen) atoms. The standard InChI is InChI=1S/C13H10N2O2S/c16-18-15-13(14-17-18)8-6-10-5-7-11-3-1-2-4-12(11)9-10/h1-9H,(H,14,15). The maximum Gasteiger partial charge on any atom is 0.309 e. The predicted octanol–water partition coefficient (Wildman–Crippen LogP) is 2.37. The van der Waals surface area contributed by atoms with Crippen molar-refractivity contribution in [1.29, 1.82) is 0 Å². The lowest BCUT2D eigenvalue weighted by molar-refractivity contribution is 0.306. The molecule has 0 bridgehead atoms. The molecule has 2 aromatic rings. The van der Waals surface area contributed by atoms with Gasteiger partial charge in [-0.1, -0.05) is 42.5 Å². The number of nitrogens with one attached hydrogen (secondary N) is 1. The second-order valence-electron chi connectivity index (χ2n) is 3.82. The molecule has 1 aliphatic rings. The maximum absolute atomic E-state index is 10.8. The molecule has 0 spiro atoms. The summed E-state index contributed by atoms with van der Waals surface area (Å²) in [7, 11) is 0. The summed E-state index contributed by atoms with van der Waals surface area (Å²) in [6, 6.07) is 14.3. The van der Waals surface area contributed by atoms with E-state index in [1.54, 1.807) is 6.08 Å². The number of rotatable bonds is 2. The topological polar surface area (TPSA) is 50.7 Å². The zero-order valence-electron chi connectivity index (χ0n) is 9.37. The zero-order valence-corrected chi connectivity index (χ0v) is 10.2. The summed E-state index contributed by atoms with van der Waals surface area (Å²) in [6.45, 7) is 0. The molecule has 1 unspecified atom stereocenters. The Balaban J connectivity index is 1.89. The fraction of sp³-hybridized carbons (Fsp3) is 0. The second kappa shape index (κ2) is 4.72. The molecule has 0 aliphatic carbocycles. The van der Waals surface area contributed by atoms with E-state index in [1.807, 2.05) is 24.3 Å². The molecule has 1 aliphatic heterocycles. The van der Waals surface area contributed by atoms with Gasteiger partial charge in [-0.15, -0.1) is 4.40 Å². The van der Waals surface area contributed by atoms with Gasteiger partial charge in [0.05, 0.1) is 0 Å². The summed E-state index contributed by atoms with van der Waals surface area (Å²) < 4.78 is 19.2. The fourth-order valence-electron chi connectivity index (χ4n) is 1.75. The van der Waals surface area contributed by atoms with Gasteiger partial charge in [-0.25, -0.2) is 9.69 Å². The smallest absolute Gasteiger partial charge is 0.231 e. The largest absolute Gasteiger partial charge is 0.309 e. The molecule has 1 heterocycles. The Morgan fingerprint density at radius 3 is 2.72 bits per heavy atom. The SMILES string of the molecule is O=S1N=C(C=Cc2ccc3ccccc3c2)NO1. The van der Waals surface area contributed by atoms with Crippen LogP contribution in [0.3, 0.4) is 0 Å². The molecule has 1 atom stereocenters. The third kappa shape index (κ3) is 2.32. The van der Waals surface area contributed by atoms with Crippen molar-refractivity contribution in [1.82, 2.24) is 5.48 Å². The molecule has 0 aromatic heterocycles. The molecular formula is C13H10N2O2S. The molecule has 4 nitrogen and oxygen atoms in total. The Hall–Kier alpha value is -1.98. The van der Waals surface area contributed by atoms with Crippen molar-refractivity contribution in [2.24, 2.45) is 4.40 Å². The predicted molar refractivity (Wildman–Crippen MR) is 72.8 cm³/mol. The lowest BCUT2D eigenvalue weighted by Crippen LogP contribution is -2.13. The number of hydrogen-bond donors (Lipinski definition) is 1. The highest BCUT2D eigenvalue weighted by molar-refractivity contribution is 7.79. The van der Waals surface area contributed by atoms with Gasteiger partial charge in [0.2, 0.25) is 0 Å². The van der Waals surface area contributed by atoms with Gasteiger partial charge in [-0.2, -0.15) is 4.28 Å². The van der Waals surface area contributed by atoms with E-state index >= 15 is 0 Å². The lowest BCUT2D eigenvalue weighted by atomic mass is 10.1. The maximum atomic E-state index is 10.8. The van der Waals surface area contributed by atoms with E-state index < -0.39 is 11.3 Å². The first kappa shape index (κ1) is 11.1. The van der Waals surface area contributed by atoms with E-state index in [0.29, 0.717) is 5.84 Å². The van der Waals surface area contributed by atoms with Crippen molar-refractivity contribution in [3.63, 3.8) is 0 Å². The van der Waals surface area contributed by atoms with E-state index in [-0.39, 0.29) is 0 Å². The molecule has 0 fully saturated rings. The molecule has 1 N–H and O–H groups in total. The highest BCUT2D eigenvalue weighted by Crippen LogP contribution is 2.16. The van der Waals surface area contributed by atoms with Gasteiger partial charge in [0, 0.05) is 0 Å². The Morgan fingerprint density at radius 2 is 1.94 bits per heavy atom. The first-order valence-electron chi connectivity index (χ1n) is 5.42. The minimum absolute atomic E-state index is 0.460. The van der Waals surface area contributed by atoms with Gasteiger partial charge in [-0.05, 0) is 28.5 Å². The third-order valence-corrected chi connectivity index (χ3v) is 3.17. The van der Waals surface area contributed by atoms with Crippen LogP contribution in [0.5, 0.6) is 0 Å². The van der Waals surface area contributed by atoms with Crippen molar-refractivity contribution < 1.29 is 8.49 Å². The van der Waals surface area contributed by atoms with Crippen LogP contribution in [0.25, 0.3) is 16.8 Å². The second-order valence-corrected chi connectivity index (χ2v) is 4.60. The minimum atomic E-state index is -1.61. The van der Waals surface area contributed by atoms with Gasteiger partial charge < -0.3 is 0 Å². The van der Waals surface area contributed by atoms with Crippen LogP contribution in [0.2, 0.25) is 0 Å². The van der Waals surface area contributed by atoms with Crippen molar-refractivity contribution in [3.8, 4) is 0 Å². The Kier molecular flexibility index (Phi) is 2.92. The Morgan fingerprint density at radius 1 is 1.11 bits per heavy atom. The lowest BCUT2D eigenvalue weighted by Gasteiger charge is -1.99. The van der Waals surface area contributed by atoms with Crippen LogP contribution in [-0.4, -0.2) is 10.0 Å². The number of fused-ring (bicyclic) bond motifs is 1. The average Bonchev–Trinajstić information content (AvgIpc) is 2.82. The van der Waals surface area contributed by atoms with Crippen LogP contribution >= 0.6 is 0 Å². The Bertz CT molecular complexity index is 680. The van der Waals surface area contributed by atoms with Crippen LogP contribution < -0.4 is 5.48 Å². The van der Waals surface area contributed by atoms with Crippen LogP contribution in [-0.2, 0) is 15.6 Å². The van der Waals surface area contributed by atoms with Crippen molar-refractivity contribution in [2.45, 2.75) is 0 Å². The van der Waals surface area contributed by atoms with Crippen molar-refractivity contribution in [2.75, 3.05) is 0 Å². The molecular weight excluding hydrogens is 248 g/mol. The molecule has 90 valence electrons. The van der Waals surface area contributed by atoms with E-state index in [4.69, 9.17) is 0 Å². The van der Waals surface area contributed by atoms with Gasteiger partial charge >= 0.3 is 11.3 Å². The Labute approximate surface area is 107 Å². The van der Waals surface area contributed by atoms with Gasteiger partial charge in [-0.3, -0.25) is 0 Å². The number of hydroxylamine groups is 1. The zero-order chi connectivity index (χ0) is 12.4. The monoisotopic (exact) mass is 258 g/mol. The third-order valence-electron chi connectivity index (χ3n) is 2.60. The van der Waals surface area contributed by atoms with E-state index in [0.717, 1.165) is 5.56 Å². The number of amidine groups is 1. The molecule has 0 amide bonds. The van der Waals surface area contributed by atoms with Crippen LogP contribution in [0.1, 0.15) is 5.56 Å². The molecule has 0 saturated heterocycles. The first-order chi connectivity index (χ1) is 8.81. The molecule has 5 heteroatoms. The molecule has 3 rings (SSSR count). The fourth-order valence-corrected chi connectivity index (χ4v) is 2.20. The van der Waals surface area contributed by atoms with Crippen molar-refractivity contribution in [3.05, 3.63) is 54.1 Å². The van der Waals surface area contributed by atoms with Crippen molar-refractivity contribution >= 4 is 34.0 Å². The minimum Gasteiger partial charge on any atom is -0.231 e. The summed E-state index contributed by atoms with van der Waals surface area (Å²) in [5.74, 6) is 0.460. The van der Waals surface area contributed by atoms with E-state index in [1.165, 1.54) is 10.8 Å². The van der Waals surface area contributed by atoms with Gasteiger partial charge in [0.1, 0.15) is 0 Å². The highest BCUT2D eigenvalue weighted by Gasteiger charge is 2.09. The normalized spacial score (nSPS) is 19.1. The number of benzene rings is 2. The first-order valence-corrected chi connectivity index (χ1v) is 6.45. The molecule has 0 radical (unpaired) electrons. The summed E-state index contributed by atoms with van der Waals surface area (Å²) in [4.78, 5) is 0. The molecule has 2 aromatic carbocycles. The average molecular weight is 258 g/mol. The summed E-state index contributed by atoms with van der Waals surface area (Å²) in [6.07, 6.45) is 3.62. The summed E-state index contributed by atoms with van der Waals surface area (Å²) in [5, 5.41) is 2.39. The van der Waals surface area contributed by atoms with Gasteiger partial charge in [0.15, 0.2) is 5.84 Å². The summed E-state index contributed by atoms with van der Waals surface area (Å²) >= 11 is -1.61. The number of hydrogen-bond acceptors (Lipinski definition) is 3. The molecule has 0 saturated carbocycles. The van der Waals surface area contributed by atoms with E-state index in [9.17, 15) is 4.21 Å². The highest BCUT2D eigenvalue weighted by atomic mass is 32.2. The van der Waals surface area contributed by atoms with E-state index in [2.05, 4.69) is 38.4 Å². The summed E-state index contributed by atoms with van der Waals surface area (Å²) in [5.41, 5.74) is 3.53. The van der Waals surface area contributed by atoms with Crippen LogP contribution in [0.4, 0.5) is 0 Å². The van der Waals surface area contributed by atoms with Crippen LogP contribution in [0.15, 0.2) is 52.9 Å². The van der Waals surface area contributed by atoms with Gasteiger partial charge in [0.25, 0.3) is 0 Å².